The molecule has 1 saturated heterocycles. The SMILES string of the molecule is CS(=O)(=O)Nc1ccccc1-c1ccc(N2CCOCC2)nn1. The van der Waals surface area contributed by atoms with Gasteiger partial charge in [0, 0.05) is 18.7 Å². The van der Waals surface area contributed by atoms with E-state index in [0.29, 0.717) is 30.2 Å². The number of nitrogens with one attached hydrogen (secondary N) is 1. The van der Waals surface area contributed by atoms with Crippen molar-refractivity contribution in [2.45, 2.75) is 0 Å². The van der Waals surface area contributed by atoms with Crippen molar-refractivity contribution in [3.63, 3.8) is 0 Å². The van der Waals surface area contributed by atoms with Gasteiger partial charge in [-0.3, -0.25) is 4.72 Å². The number of anilines is 2. The molecule has 0 saturated carbocycles. The van der Waals surface area contributed by atoms with E-state index in [1.807, 2.05) is 24.3 Å². The lowest BCUT2D eigenvalue weighted by atomic mass is 10.1. The van der Waals surface area contributed by atoms with Gasteiger partial charge in [-0.15, -0.1) is 10.2 Å². The van der Waals surface area contributed by atoms with E-state index in [9.17, 15) is 8.42 Å². The number of hydrogen-bond acceptors (Lipinski definition) is 6. The van der Waals surface area contributed by atoms with Crippen molar-refractivity contribution >= 4 is 21.5 Å². The van der Waals surface area contributed by atoms with E-state index in [2.05, 4.69) is 19.8 Å². The molecule has 1 aromatic carbocycles. The van der Waals surface area contributed by atoms with Gasteiger partial charge in [0.05, 0.1) is 30.9 Å². The molecule has 2 heterocycles. The topological polar surface area (TPSA) is 84.4 Å². The van der Waals surface area contributed by atoms with Gasteiger partial charge < -0.3 is 9.64 Å². The fraction of sp³-hybridized carbons (Fsp3) is 0.333. The molecule has 1 fully saturated rings. The number of morpholine rings is 1. The van der Waals surface area contributed by atoms with Crippen LogP contribution in [0.3, 0.4) is 0 Å². The Labute approximate surface area is 135 Å². The highest BCUT2D eigenvalue weighted by molar-refractivity contribution is 7.92. The fourth-order valence-corrected chi connectivity index (χ4v) is 3.00. The predicted octanol–water partition coefficient (Wildman–Crippen LogP) is 1.35. The first-order valence-electron chi connectivity index (χ1n) is 7.26. The number of benzene rings is 1. The van der Waals surface area contributed by atoms with Crippen molar-refractivity contribution in [2.24, 2.45) is 0 Å². The van der Waals surface area contributed by atoms with Crippen molar-refractivity contribution in [2.75, 3.05) is 42.2 Å². The molecule has 0 radical (unpaired) electrons. The summed E-state index contributed by atoms with van der Waals surface area (Å²) in [6, 6.07) is 10.9. The van der Waals surface area contributed by atoms with Crippen LogP contribution in [0.5, 0.6) is 0 Å². The zero-order valence-corrected chi connectivity index (χ0v) is 13.6. The first kappa shape index (κ1) is 15.7. The number of rotatable bonds is 4. The van der Waals surface area contributed by atoms with Gasteiger partial charge in [0.15, 0.2) is 5.82 Å². The van der Waals surface area contributed by atoms with Gasteiger partial charge in [-0.2, -0.15) is 0 Å². The maximum Gasteiger partial charge on any atom is 0.229 e. The molecule has 3 rings (SSSR count). The monoisotopic (exact) mass is 334 g/mol. The first-order valence-corrected chi connectivity index (χ1v) is 9.16. The van der Waals surface area contributed by atoms with E-state index < -0.39 is 10.0 Å². The number of aromatic nitrogens is 2. The van der Waals surface area contributed by atoms with Crippen molar-refractivity contribution < 1.29 is 13.2 Å². The van der Waals surface area contributed by atoms with Gasteiger partial charge >= 0.3 is 0 Å². The second-order valence-corrected chi connectivity index (χ2v) is 7.04. The molecular formula is C15H18N4O3S. The third kappa shape index (κ3) is 3.96. The number of para-hydroxylation sites is 1. The smallest absolute Gasteiger partial charge is 0.229 e. The van der Waals surface area contributed by atoms with Crippen molar-refractivity contribution in [3.8, 4) is 11.3 Å². The molecule has 0 atom stereocenters. The summed E-state index contributed by atoms with van der Waals surface area (Å²) in [5.74, 6) is 0.797. The molecule has 0 aliphatic carbocycles. The molecule has 1 aliphatic rings. The highest BCUT2D eigenvalue weighted by Gasteiger charge is 2.14. The summed E-state index contributed by atoms with van der Waals surface area (Å²) < 4.78 is 30.8. The molecule has 8 heteroatoms. The molecule has 1 aliphatic heterocycles. The maximum atomic E-state index is 11.5. The second kappa shape index (κ2) is 6.51. The average Bonchev–Trinajstić information content (AvgIpc) is 2.55. The van der Waals surface area contributed by atoms with Crippen molar-refractivity contribution in [1.29, 1.82) is 0 Å². The summed E-state index contributed by atoms with van der Waals surface area (Å²) in [6.07, 6.45) is 1.12. The van der Waals surface area contributed by atoms with Gasteiger partial charge in [0.2, 0.25) is 10.0 Å². The summed E-state index contributed by atoms with van der Waals surface area (Å²) in [6.45, 7) is 2.95. The summed E-state index contributed by atoms with van der Waals surface area (Å²) >= 11 is 0. The molecule has 0 amide bonds. The summed E-state index contributed by atoms with van der Waals surface area (Å²) in [4.78, 5) is 2.11. The molecule has 1 aromatic heterocycles. The summed E-state index contributed by atoms with van der Waals surface area (Å²) in [5.41, 5.74) is 1.80. The van der Waals surface area contributed by atoms with Crippen molar-refractivity contribution in [1.82, 2.24) is 10.2 Å². The Morgan fingerprint density at radius 3 is 2.48 bits per heavy atom. The molecule has 2 aromatic rings. The standard InChI is InChI=1S/C15H18N4O3S/c1-23(20,21)18-14-5-3-2-4-12(14)13-6-7-15(17-16-13)19-8-10-22-11-9-19/h2-7,18H,8-11H2,1H3. The molecule has 23 heavy (non-hydrogen) atoms. The molecule has 0 unspecified atom stereocenters. The minimum Gasteiger partial charge on any atom is -0.378 e. The van der Waals surface area contributed by atoms with Crippen LogP contribution in [-0.2, 0) is 14.8 Å². The minimum absolute atomic E-state index is 0.489. The Morgan fingerprint density at radius 2 is 1.83 bits per heavy atom. The van der Waals surface area contributed by atoms with E-state index in [1.54, 1.807) is 12.1 Å². The van der Waals surface area contributed by atoms with Crippen LogP contribution in [0.1, 0.15) is 0 Å². The van der Waals surface area contributed by atoms with Crippen LogP contribution in [0.15, 0.2) is 36.4 Å². The van der Waals surface area contributed by atoms with Gasteiger partial charge in [-0.05, 0) is 18.2 Å². The largest absolute Gasteiger partial charge is 0.378 e. The Hall–Kier alpha value is -2.19. The quantitative estimate of drug-likeness (QED) is 0.909. The van der Waals surface area contributed by atoms with Crippen LogP contribution in [0.25, 0.3) is 11.3 Å². The highest BCUT2D eigenvalue weighted by Crippen LogP contribution is 2.27. The van der Waals surface area contributed by atoms with Gasteiger partial charge in [0.25, 0.3) is 0 Å². The molecular weight excluding hydrogens is 316 g/mol. The number of nitrogens with zero attached hydrogens (tertiary/aromatic N) is 3. The number of hydrogen-bond donors (Lipinski definition) is 1. The lowest BCUT2D eigenvalue weighted by molar-refractivity contribution is 0.122. The van der Waals surface area contributed by atoms with Gasteiger partial charge in [0.1, 0.15) is 0 Å². The lowest BCUT2D eigenvalue weighted by Gasteiger charge is -2.27. The van der Waals surface area contributed by atoms with Gasteiger partial charge in [-0.25, -0.2) is 8.42 Å². The van der Waals surface area contributed by atoms with Crippen LogP contribution >= 0.6 is 0 Å². The average molecular weight is 334 g/mol. The van der Waals surface area contributed by atoms with Crippen LogP contribution in [0.4, 0.5) is 11.5 Å². The zero-order chi connectivity index (χ0) is 16.3. The molecule has 1 N–H and O–H groups in total. The van der Waals surface area contributed by atoms with Crippen LogP contribution in [0, 0.1) is 0 Å². The van der Waals surface area contributed by atoms with E-state index in [-0.39, 0.29) is 0 Å². The summed E-state index contributed by atoms with van der Waals surface area (Å²) in [7, 11) is -3.35. The Kier molecular flexibility index (Phi) is 4.44. The first-order chi connectivity index (χ1) is 11.0. The van der Waals surface area contributed by atoms with E-state index in [0.717, 1.165) is 25.2 Å². The summed E-state index contributed by atoms with van der Waals surface area (Å²) in [5, 5.41) is 8.51. The Bertz CT molecular complexity index is 772. The number of ether oxygens (including phenoxy) is 1. The van der Waals surface area contributed by atoms with Crippen LogP contribution < -0.4 is 9.62 Å². The third-order valence-electron chi connectivity index (χ3n) is 3.48. The van der Waals surface area contributed by atoms with Crippen molar-refractivity contribution in [3.05, 3.63) is 36.4 Å². The highest BCUT2D eigenvalue weighted by atomic mass is 32.2. The fourth-order valence-electron chi connectivity index (χ4n) is 2.43. The minimum atomic E-state index is -3.35. The Morgan fingerprint density at radius 1 is 1.09 bits per heavy atom. The van der Waals surface area contributed by atoms with Gasteiger partial charge in [-0.1, -0.05) is 18.2 Å². The molecule has 122 valence electrons. The zero-order valence-electron chi connectivity index (χ0n) is 12.8. The predicted molar refractivity (Wildman–Crippen MR) is 89.0 cm³/mol. The maximum absolute atomic E-state index is 11.5. The van der Waals surface area contributed by atoms with Crippen LogP contribution in [-0.4, -0.2) is 51.2 Å². The Balaban J connectivity index is 1.87. The molecule has 7 nitrogen and oxygen atoms in total. The third-order valence-corrected chi connectivity index (χ3v) is 4.07. The second-order valence-electron chi connectivity index (χ2n) is 5.30. The van der Waals surface area contributed by atoms with E-state index in [1.165, 1.54) is 0 Å². The number of sulfonamides is 1. The molecule has 0 spiro atoms. The van der Waals surface area contributed by atoms with E-state index >= 15 is 0 Å². The molecule has 0 bridgehead atoms. The van der Waals surface area contributed by atoms with Crippen LogP contribution in [0.2, 0.25) is 0 Å². The normalized spacial score (nSPS) is 15.4. The van der Waals surface area contributed by atoms with E-state index in [4.69, 9.17) is 4.74 Å². The lowest BCUT2D eigenvalue weighted by Crippen LogP contribution is -2.36.